The van der Waals surface area contributed by atoms with E-state index in [1.54, 1.807) is 19.3 Å². The molecule has 192 valence electrons. The molecule has 1 amide bonds. The van der Waals surface area contributed by atoms with Gasteiger partial charge in [-0.3, -0.25) is 9.59 Å². The zero-order chi connectivity index (χ0) is 26.0. The number of carbonyl (C=O) groups excluding carboxylic acids is 1. The van der Waals surface area contributed by atoms with Gasteiger partial charge in [0, 0.05) is 38.3 Å². The number of piperidine rings is 1. The lowest BCUT2D eigenvalue weighted by atomic mass is 9.75. The van der Waals surface area contributed by atoms with Gasteiger partial charge in [-0.25, -0.2) is 4.98 Å². The molecule has 1 saturated heterocycles. The Balaban J connectivity index is 1.56. The Morgan fingerprint density at radius 1 is 1.22 bits per heavy atom. The molecule has 1 aliphatic rings. The van der Waals surface area contributed by atoms with Gasteiger partial charge in [0.25, 0.3) is 11.5 Å². The van der Waals surface area contributed by atoms with Crippen molar-refractivity contribution in [3.63, 3.8) is 0 Å². The first kappa shape index (κ1) is 25.8. The molecule has 9 nitrogen and oxygen atoms in total. The summed E-state index contributed by atoms with van der Waals surface area (Å²) in [6.45, 7) is 8.48. The van der Waals surface area contributed by atoms with Crippen LogP contribution in [0.1, 0.15) is 33.6 Å². The minimum absolute atomic E-state index is 0.103. The van der Waals surface area contributed by atoms with E-state index >= 15 is 0 Å². The van der Waals surface area contributed by atoms with Crippen molar-refractivity contribution in [2.45, 2.75) is 33.6 Å². The third kappa shape index (κ3) is 5.56. The monoisotopic (exact) mass is 512 g/mol. The molecule has 0 radical (unpaired) electrons. The minimum atomic E-state index is -0.315. The number of ether oxygens (including phenoxy) is 1. The first-order valence-corrected chi connectivity index (χ1v) is 12.5. The normalized spacial score (nSPS) is 14.7. The molecular weight excluding hydrogens is 480 g/mol. The summed E-state index contributed by atoms with van der Waals surface area (Å²) in [4.78, 5) is 35.6. The second kappa shape index (κ2) is 10.3. The van der Waals surface area contributed by atoms with Gasteiger partial charge in [0.1, 0.15) is 5.02 Å². The lowest BCUT2D eigenvalue weighted by Gasteiger charge is -2.38. The van der Waals surface area contributed by atoms with Crippen LogP contribution in [0.2, 0.25) is 5.02 Å². The molecule has 1 aromatic carbocycles. The van der Waals surface area contributed by atoms with E-state index in [1.165, 1.54) is 11.6 Å². The fourth-order valence-electron chi connectivity index (χ4n) is 4.53. The number of nitrogens with zero attached hydrogens (tertiary/aromatic N) is 4. The number of hydrogen-bond donors (Lipinski definition) is 2. The van der Waals surface area contributed by atoms with Crippen LogP contribution in [0.15, 0.2) is 35.3 Å². The highest BCUT2D eigenvalue weighted by atomic mass is 35.5. The third-order valence-corrected chi connectivity index (χ3v) is 7.10. The molecule has 0 unspecified atom stereocenters. The van der Waals surface area contributed by atoms with E-state index in [4.69, 9.17) is 21.3 Å². The summed E-state index contributed by atoms with van der Waals surface area (Å²) in [5.74, 6) is 1.64. The van der Waals surface area contributed by atoms with E-state index in [-0.39, 0.29) is 23.8 Å². The van der Waals surface area contributed by atoms with Crippen molar-refractivity contribution in [3.05, 3.63) is 45.8 Å². The summed E-state index contributed by atoms with van der Waals surface area (Å²) in [5, 5.41) is 6.94. The zero-order valence-corrected chi connectivity index (χ0v) is 22.1. The molecule has 2 N–H and O–H groups in total. The molecule has 1 fully saturated rings. The number of likely N-dealkylation sites (N-methyl/N-ethyl adjacent to an activating group) is 1. The van der Waals surface area contributed by atoms with E-state index < -0.39 is 0 Å². The maximum atomic E-state index is 12.6. The molecule has 0 aliphatic carbocycles. The average Bonchev–Trinajstić information content (AvgIpc) is 2.86. The number of anilines is 3. The number of aryl methyl sites for hydroxylation is 1. The summed E-state index contributed by atoms with van der Waals surface area (Å²) in [6.07, 6.45) is 3.83. The van der Waals surface area contributed by atoms with Crippen LogP contribution >= 0.6 is 11.6 Å². The molecule has 4 rings (SSSR count). The molecule has 10 heteroatoms. The molecule has 0 atom stereocenters. The van der Waals surface area contributed by atoms with Crippen LogP contribution in [0.5, 0.6) is 5.75 Å². The molecule has 0 saturated carbocycles. The highest BCUT2D eigenvalue weighted by Crippen LogP contribution is 2.35. The summed E-state index contributed by atoms with van der Waals surface area (Å²) in [6, 6.07) is 7.22. The molecule has 3 aromatic rings. The first-order chi connectivity index (χ1) is 17.1. The van der Waals surface area contributed by atoms with Gasteiger partial charge in [0.15, 0.2) is 18.2 Å². The zero-order valence-electron chi connectivity index (χ0n) is 21.4. The van der Waals surface area contributed by atoms with Crippen molar-refractivity contribution < 1.29 is 9.53 Å². The summed E-state index contributed by atoms with van der Waals surface area (Å²) >= 11 is 6.43. The van der Waals surface area contributed by atoms with Crippen molar-refractivity contribution in [2.24, 2.45) is 18.4 Å². The van der Waals surface area contributed by atoms with Gasteiger partial charge in [-0.15, -0.1) is 0 Å². The van der Waals surface area contributed by atoms with E-state index in [9.17, 15) is 9.59 Å². The quantitative estimate of drug-likeness (QED) is 0.512. The van der Waals surface area contributed by atoms with Gasteiger partial charge in [0.2, 0.25) is 5.95 Å². The second-order valence-electron chi connectivity index (χ2n) is 10.2. The van der Waals surface area contributed by atoms with E-state index in [2.05, 4.69) is 41.3 Å². The highest BCUT2D eigenvalue weighted by Gasteiger charge is 2.29. The summed E-state index contributed by atoms with van der Waals surface area (Å²) in [7, 11) is 3.18. The van der Waals surface area contributed by atoms with Gasteiger partial charge >= 0.3 is 0 Å². The van der Waals surface area contributed by atoms with Crippen LogP contribution < -0.4 is 25.8 Å². The summed E-state index contributed by atoms with van der Waals surface area (Å²) < 4.78 is 6.95. The van der Waals surface area contributed by atoms with Gasteiger partial charge in [-0.05, 0) is 48.4 Å². The van der Waals surface area contributed by atoms with Crippen molar-refractivity contribution in [1.29, 1.82) is 0 Å². The number of nitrogens with one attached hydrogen (secondary N) is 2. The van der Waals surface area contributed by atoms with Gasteiger partial charge in [0.05, 0.1) is 11.7 Å². The lowest BCUT2D eigenvalue weighted by molar-refractivity contribution is -0.122. The fourth-order valence-corrected chi connectivity index (χ4v) is 4.67. The van der Waals surface area contributed by atoms with E-state index in [0.29, 0.717) is 28.1 Å². The van der Waals surface area contributed by atoms with E-state index in [0.717, 1.165) is 42.5 Å². The Kier molecular flexibility index (Phi) is 7.40. The average molecular weight is 513 g/mol. The molecule has 36 heavy (non-hydrogen) atoms. The van der Waals surface area contributed by atoms with Crippen LogP contribution in [0.3, 0.4) is 0 Å². The van der Waals surface area contributed by atoms with Crippen LogP contribution in [0, 0.1) is 11.3 Å². The van der Waals surface area contributed by atoms with Crippen LogP contribution in [0.25, 0.3) is 10.9 Å². The van der Waals surface area contributed by atoms with E-state index in [1.807, 2.05) is 18.2 Å². The molecule has 2 aromatic heterocycles. The highest BCUT2D eigenvalue weighted by molar-refractivity contribution is 6.32. The SMILES string of the molecule is CNC(=O)COc1cc2cc(Nc3nc(N4CCC(C(C)(C)C)CC4)ncc3Cl)ccc2n(C)c1=O. The van der Waals surface area contributed by atoms with Crippen LogP contribution in [-0.2, 0) is 11.8 Å². The van der Waals surface area contributed by atoms with Crippen LogP contribution in [-0.4, -0.2) is 47.2 Å². The van der Waals surface area contributed by atoms with Crippen molar-refractivity contribution in [1.82, 2.24) is 19.9 Å². The minimum Gasteiger partial charge on any atom is -0.478 e. The van der Waals surface area contributed by atoms with Gasteiger partial charge in [-0.1, -0.05) is 32.4 Å². The Morgan fingerprint density at radius 2 is 1.94 bits per heavy atom. The first-order valence-electron chi connectivity index (χ1n) is 12.1. The van der Waals surface area contributed by atoms with Crippen molar-refractivity contribution in [2.75, 3.05) is 37.0 Å². The fraction of sp³-hybridized carbons (Fsp3) is 0.462. The second-order valence-corrected chi connectivity index (χ2v) is 10.6. The third-order valence-electron chi connectivity index (χ3n) is 6.83. The van der Waals surface area contributed by atoms with Crippen molar-refractivity contribution in [3.8, 4) is 5.75 Å². The number of benzene rings is 1. The standard InChI is InChI=1S/C26H33ClN6O3/c1-26(2,3)17-8-10-33(11-9-17)25-29-14-19(27)23(31-25)30-18-6-7-20-16(12-18)13-21(24(35)32(20)5)36-15-22(34)28-4/h6-7,12-14,17H,8-11,15H2,1-5H3,(H,28,34)(H,29,30,31). The molecule has 0 bridgehead atoms. The summed E-state index contributed by atoms with van der Waals surface area (Å²) in [5.41, 5.74) is 1.46. The van der Waals surface area contributed by atoms with Gasteiger partial charge in [-0.2, -0.15) is 4.98 Å². The maximum Gasteiger partial charge on any atom is 0.293 e. The molecule has 1 aliphatic heterocycles. The molecule has 3 heterocycles. The molecular formula is C26H33ClN6O3. The Morgan fingerprint density at radius 3 is 2.61 bits per heavy atom. The largest absolute Gasteiger partial charge is 0.478 e. The number of pyridine rings is 1. The Labute approximate surface area is 215 Å². The van der Waals surface area contributed by atoms with Crippen LogP contribution in [0.4, 0.5) is 17.5 Å². The number of hydrogen-bond acceptors (Lipinski definition) is 7. The smallest absolute Gasteiger partial charge is 0.293 e. The maximum absolute atomic E-state index is 12.6. The topological polar surface area (TPSA) is 101 Å². The number of halogens is 1. The van der Waals surface area contributed by atoms with Gasteiger partial charge < -0.3 is 24.8 Å². The number of amides is 1. The Bertz CT molecular complexity index is 1330. The number of fused-ring (bicyclic) bond motifs is 1. The molecule has 0 spiro atoms. The predicted molar refractivity (Wildman–Crippen MR) is 143 cm³/mol. The number of aromatic nitrogens is 3. The lowest BCUT2D eigenvalue weighted by Crippen LogP contribution is -2.38. The number of rotatable bonds is 6. The predicted octanol–water partition coefficient (Wildman–Crippen LogP) is 4.11. The Hall–Kier alpha value is -3.33. The van der Waals surface area contributed by atoms with Crippen molar-refractivity contribution >= 4 is 45.9 Å². The number of carbonyl (C=O) groups is 1.